The van der Waals surface area contributed by atoms with Crippen LogP contribution in [0.15, 0.2) is 23.1 Å². The molecule has 9 nitrogen and oxygen atoms in total. The third-order valence-electron chi connectivity index (χ3n) is 5.77. The second kappa shape index (κ2) is 8.56. The van der Waals surface area contributed by atoms with Gasteiger partial charge >= 0.3 is 0 Å². The summed E-state index contributed by atoms with van der Waals surface area (Å²) in [5.74, 6) is -0.845. The van der Waals surface area contributed by atoms with Crippen molar-refractivity contribution in [1.29, 1.82) is 0 Å². The maximum absolute atomic E-state index is 13.2. The molecule has 1 aromatic carbocycles. The third kappa shape index (κ3) is 4.06. The minimum atomic E-state index is -3.80. The highest BCUT2D eigenvalue weighted by Crippen LogP contribution is 2.28. The van der Waals surface area contributed by atoms with Crippen molar-refractivity contribution < 1.29 is 18.0 Å². The van der Waals surface area contributed by atoms with Crippen LogP contribution in [0.5, 0.6) is 0 Å². The fraction of sp³-hybridized carbons (Fsp3) is 0.579. The minimum Gasteiger partial charge on any atom is -0.344 e. The van der Waals surface area contributed by atoms with Gasteiger partial charge in [-0.1, -0.05) is 6.07 Å². The van der Waals surface area contributed by atoms with Crippen molar-refractivity contribution in [1.82, 2.24) is 23.3 Å². The van der Waals surface area contributed by atoms with Crippen molar-refractivity contribution in [2.24, 2.45) is 5.92 Å². The molecule has 2 saturated heterocycles. The van der Waals surface area contributed by atoms with Crippen LogP contribution in [0.25, 0.3) is 11.0 Å². The first kappa shape index (κ1) is 21.1. The maximum atomic E-state index is 13.2. The van der Waals surface area contributed by atoms with Crippen LogP contribution in [0.3, 0.4) is 0 Å². The van der Waals surface area contributed by atoms with Gasteiger partial charge < -0.3 is 10.2 Å². The van der Waals surface area contributed by atoms with Crippen LogP contribution in [0, 0.1) is 5.92 Å². The predicted octanol–water partition coefficient (Wildman–Crippen LogP) is 1.22. The van der Waals surface area contributed by atoms with Crippen molar-refractivity contribution >= 4 is 44.6 Å². The Morgan fingerprint density at radius 2 is 1.93 bits per heavy atom. The van der Waals surface area contributed by atoms with Crippen LogP contribution in [-0.2, 0) is 19.6 Å². The molecule has 0 spiro atoms. The zero-order valence-corrected chi connectivity index (χ0v) is 18.4. The van der Waals surface area contributed by atoms with E-state index in [1.54, 1.807) is 24.0 Å². The molecule has 30 heavy (non-hydrogen) atoms. The van der Waals surface area contributed by atoms with Gasteiger partial charge in [-0.05, 0) is 44.7 Å². The summed E-state index contributed by atoms with van der Waals surface area (Å²) in [6.07, 6.45) is 3.15. The zero-order chi connectivity index (χ0) is 21.3. The summed E-state index contributed by atoms with van der Waals surface area (Å²) in [6, 6.07) is 4.29. The number of carbonyl (C=O) groups is 2. The molecular weight excluding hydrogens is 426 g/mol. The molecule has 11 heteroatoms. The van der Waals surface area contributed by atoms with Crippen molar-refractivity contribution in [3.63, 3.8) is 0 Å². The Balaban J connectivity index is 1.45. The number of amides is 2. The Hall–Kier alpha value is -2.11. The lowest BCUT2D eigenvalue weighted by atomic mass is 9.98. The molecule has 2 aromatic rings. The van der Waals surface area contributed by atoms with Gasteiger partial charge in [0.15, 0.2) is 0 Å². The normalized spacial score (nSPS) is 21.6. The smallest absolute Gasteiger partial charge is 0.245 e. The Labute approximate surface area is 179 Å². The van der Waals surface area contributed by atoms with E-state index in [9.17, 15) is 18.0 Å². The van der Waals surface area contributed by atoms with E-state index in [2.05, 4.69) is 14.1 Å². The Kier molecular flexibility index (Phi) is 6.03. The highest BCUT2D eigenvalue weighted by Gasteiger charge is 2.35. The van der Waals surface area contributed by atoms with Gasteiger partial charge in [0.25, 0.3) is 0 Å². The van der Waals surface area contributed by atoms with Gasteiger partial charge in [-0.2, -0.15) is 13.1 Å². The number of carbonyl (C=O) groups excluding carboxylic acids is 2. The van der Waals surface area contributed by atoms with E-state index < -0.39 is 22.0 Å². The zero-order valence-electron chi connectivity index (χ0n) is 16.8. The topological polar surface area (TPSA) is 113 Å². The molecule has 2 aliphatic rings. The standard InChI is InChI=1S/C19H25N5O4S2/c1-13(19(26)23-9-2-3-10-23)20-18(25)14-6-5-11-24(12-14)30(27,28)16-8-4-7-15-17(16)22-29-21-15/h4,7-8,13-14H,2-3,5-6,9-12H2,1H3,(H,20,25)/t13-,14+/m1/s1. The van der Waals surface area contributed by atoms with Crippen LogP contribution in [0.1, 0.15) is 32.6 Å². The van der Waals surface area contributed by atoms with E-state index in [1.807, 2.05) is 0 Å². The van der Waals surface area contributed by atoms with Crippen LogP contribution >= 0.6 is 11.7 Å². The summed E-state index contributed by atoms with van der Waals surface area (Å²) < 4.78 is 36.1. The summed E-state index contributed by atoms with van der Waals surface area (Å²) in [6.45, 7) is 3.58. The molecule has 4 rings (SSSR count). The predicted molar refractivity (Wildman–Crippen MR) is 112 cm³/mol. The average molecular weight is 452 g/mol. The largest absolute Gasteiger partial charge is 0.344 e. The first-order chi connectivity index (χ1) is 14.4. The lowest BCUT2D eigenvalue weighted by Gasteiger charge is -2.32. The Bertz CT molecular complexity index is 1050. The second-order valence-corrected chi connectivity index (χ2v) is 10.3. The van der Waals surface area contributed by atoms with Crippen LogP contribution < -0.4 is 5.32 Å². The van der Waals surface area contributed by atoms with Gasteiger partial charge in [0.1, 0.15) is 22.0 Å². The minimum absolute atomic E-state index is 0.0798. The van der Waals surface area contributed by atoms with Crippen molar-refractivity contribution in [3.8, 4) is 0 Å². The number of likely N-dealkylation sites (tertiary alicyclic amines) is 1. The number of rotatable bonds is 5. The number of piperidine rings is 1. The molecule has 1 aromatic heterocycles. The van der Waals surface area contributed by atoms with Gasteiger partial charge in [0, 0.05) is 26.2 Å². The van der Waals surface area contributed by atoms with Gasteiger partial charge in [0.05, 0.1) is 17.6 Å². The SMILES string of the molecule is C[C@@H](NC(=O)[C@H]1CCCN(S(=O)(=O)c2cccc3nsnc23)C1)C(=O)N1CCCC1. The van der Waals surface area contributed by atoms with E-state index in [4.69, 9.17) is 0 Å². The quantitative estimate of drug-likeness (QED) is 0.731. The first-order valence-electron chi connectivity index (χ1n) is 10.2. The third-order valence-corrected chi connectivity index (χ3v) is 8.21. The number of nitrogens with zero attached hydrogens (tertiary/aromatic N) is 4. The molecule has 1 N–H and O–H groups in total. The summed E-state index contributed by atoms with van der Waals surface area (Å²) in [5, 5.41) is 2.79. The number of sulfonamides is 1. The molecule has 0 saturated carbocycles. The number of benzene rings is 1. The lowest BCUT2D eigenvalue weighted by Crippen LogP contribution is -2.51. The van der Waals surface area contributed by atoms with Crippen LogP contribution in [0.4, 0.5) is 0 Å². The molecule has 2 amide bonds. The summed E-state index contributed by atoms with van der Waals surface area (Å²) in [5.41, 5.74) is 0.903. The lowest BCUT2D eigenvalue weighted by molar-refractivity contribution is -0.136. The van der Waals surface area contributed by atoms with Crippen LogP contribution in [0.2, 0.25) is 0 Å². The molecule has 3 heterocycles. The van der Waals surface area contributed by atoms with Crippen molar-refractivity contribution in [2.75, 3.05) is 26.2 Å². The number of hydrogen-bond acceptors (Lipinski definition) is 7. The van der Waals surface area contributed by atoms with Gasteiger partial charge in [-0.15, -0.1) is 0 Å². The summed E-state index contributed by atoms with van der Waals surface area (Å²) >= 11 is 0.972. The fourth-order valence-corrected chi connectivity index (χ4v) is 6.38. The molecule has 2 fully saturated rings. The van der Waals surface area contributed by atoms with E-state index in [0.717, 1.165) is 37.7 Å². The molecule has 162 valence electrons. The number of fused-ring (bicyclic) bond motifs is 1. The van der Waals surface area contributed by atoms with Gasteiger partial charge in [-0.25, -0.2) is 8.42 Å². The highest BCUT2D eigenvalue weighted by molar-refractivity contribution is 7.89. The Morgan fingerprint density at radius 1 is 1.17 bits per heavy atom. The number of aromatic nitrogens is 2. The van der Waals surface area contributed by atoms with E-state index in [1.165, 1.54) is 10.4 Å². The van der Waals surface area contributed by atoms with E-state index in [0.29, 0.717) is 30.4 Å². The highest BCUT2D eigenvalue weighted by atomic mass is 32.2. The number of nitrogens with one attached hydrogen (secondary N) is 1. The van der Waals surface area contributed by atoms with Crippen molar-refractivity contribution in [3.05, 3.63) is 18.2 Å². The summed E-state index contributed by atoms with van der Waals surface area (Å²) in [7, 11) is -3.80. The molecular formula is C19H25N5O4S2. The monoisotopic (exact) mass is 451 g/mol. The summed E-state index contributed by atoms with van der Waals surface area (Å²) in [4.78, 5) is 27.1. The van der Waals surface area contributed by atoms with E-state index in [-0.39, 0.29) is 23.3 Å². The van der Waals surface area contributed by atoms with Crippen molar-refractivity contribution in [2.45, 2.75) is 43.5 Å². The Morgan fingerprint density at radius 3 is 2.70 bits per heavy atom. The maximum Gasteiger partial charge on any atom is 0.245 e. The van der Waals surface area contributed by atoms with E-state index >= 15 is 0 Å². The molecule has 2 atom stereocenters. The molecule has 0 aliphatic carbocycles. The second-order valence-electron chi connectivity index (χ2n) is 7.85. The van der Waals surface area contributed by atoms with Gasteiger partial charge in [-0.3, -0.25) is 9.59 Å². The molecule has 2 aliphatic heterocycles. The first-order valence-corrected chi connectivity index (χ1v) is 12.4. The number of hydrogen-bond donors (Lipinski definition) is 1. The van der Waals surface area contributed by atoms with Crippen LogP contribution in [-0.4, -0.2) is 70.4 Å². The average Bonchev–Trinajstić information content (AvgIpc) is 3.44. The molecule has 0 radical (unpaired) electrons. The molecule has 0 bridgehead atoms. The van der Waals surface area contributed by atoms with Gasteiger partial charge in [0.2, 0.25) is 21.8 Å². The fourth-order valence-electron chi connectivity index (χ4n) is 4.11. The molecule has 0 unspecified atom stereocenters.